The maximum atomic E-state index is 12.8. The highest BCUT2D eigenvalue weighted by molar-refractivity contribution is 6.01. The van der Waals surface area contributed by atoms with Gasteiger partial charge in [-0.1, -0.05) is 36.4 Å². The molecule has 3 aromatic carbocycles. The van der Waals surface area contributed by atoms with Crippen LogP contribution in [0.15, 0.2) is 79.0 Å². The van der Waals surface area contributed by atoms with Crippen LogP contribution in [0.3, 0.4) is 0 Å². The molecular formula is C25H21N5O5. The molecule has 1 atom stereocenters. The van der Waals surface area contributed by atoms with Crippen molar-refractivity contribution in [3.8, 4) is 17.2 Å². The van der Waals surface area contributed by atoms with Gasteiger partial charge in [0, 0.05) is 11.6 Å². The Bertz CT molecular complexity index is 1400. The molecule has 1 aliphatic rings. The van der Waals surface area contributed by atoms with E-state index in [1.54, 1.807) is 28.9 Å². The minimum absolute atomic E-state index is 0.0374. The maximum absolute atomic E-state index is 12.8. The quantitative estimate of drug-likeness (QED) is 0.306. The molecule has 5 rings (SSSR count). The number of nitro benzene ring substituents is 1. The molecule has 0 fully saturated rings. The third-order valence-corrected chi connectivity index (χ3v) is 5.65. The molecule has 1 aromatic heterocycles. The standard InChI is InChI=1S/C25H21N5O5/c1-34-21-12-11-16(13-17(21)15-35-22-10-6-5-9-20(22)30(32)33)23-27-24-19(25(31)28-23)14-26-29(24)18-7-3-2-4-8-18/h2-14,23,27H,15H2,1H3,(H,28,31)/t23-/m0/s1. The van der Waals surface area contributed by atoms with Gasteiger partial charge in [-0.15, -0.1) is 0 Å². The summed E-state index contributed by atoms with van der Waals surface area (Å²) in [4.78, 5) is 23.6. The van der Waals surface area contributed by atoms with Gasteiger partial charge in [-0.3, -0.25) is 14.9 Å². The van der Waals surface area contributed by atoms with Crippen molar-refractivity contribution >= 4 is 17.4 Å². The molecule has 1 aliphatic heterocycles. The fourth-order valence-electron chi connectivity index (χ4n) is 3.94. The Kier molecular flexibility index (Phi) is 5.76. The lowest BCUT2D eigenvalue weighted by atomic mass is 10.1. The van der Waals surface area contributed by atoms with Crippen molar-refractivity contribution in [2.45, 2.75) is 12.8 Å². The highest BCUT2D eigenvalue weighted by Crippen LogP contribution is 2.32. The Morgan fingerprint density at radius 1 is 1.03 bits per heavy atom. The number of nitrogens with one attached hydrogen (secondary N) is 2. The first-order chi connectivity index (χ1) is 17.0. The number of carbonyl (C=O) groups excluding carboxylic acids is 1. The largest absolute Gasteiger partial charge is 0.496 e. The lowest BCUT2D eigenvalue weighted by molar-refractivity contribution is -0.385. The van der Waals surface area contributed by atoms with Crippen LogP contribution in [-0.4, -0.2) is 27.7 Å². The summed E-state index contributed by atoms with van der Waals surface area (Å²) in [5.41, 5.74) is 2.57. The first-order valence-corrected chi connectivity index (χ1v) is 10.8. The summed E-state index contributed by atoms with van der Waals surface area (Å²) in [5, 5.41) is 22.0. The average Bonchev–Trinajstić information content (AvgIpc) is 3.32. The molecule has 0 unspecified atom stereocenters. The van der Waals surface area contributed by atoms with E-state index in [9.17, 15) is 14.9 Å². The van der Waals surface area contributed by atoms with E-state index < -0.39 is 11.1 Å². The van der Waals surface area contributed by atoms with Crippen LogP contribution in [0.1, 0.15) is 27.7 Å². The minimum atomic E-state index is -0.537. The summed E-state index contributed by atoms with van der Waals surface area (Å²) in [6.45, 7) is 0.0374. The number of benzene rings is 3. The van der Waals surface area contributed by atoms with Crippen LogP contribution in [-0.2, 0) is 6.61 Å². The molecule has 0 saturated heterocycles. The fraction of sp³-hybridized carbons (Fsp3) is 0.120. The fourth-order valence-corrected chi connectivity index (χ4v) is 3.94. The van der Waals surface area contributed by atoms with Crippen molar-refractivity contribution in [1.29, 1.82) is 0 Å². The smallest absolute Gasteiger partial charge is 0.310 e. The van der Waals surface area contributed by atoms with Crippen LogP contribution in [0.2, 0.25) is 0 Å². The SMILES string of the molecule is COc1ccc([C@@H]2NC(=O)c3cnn(-c4ccccc4)c3N2)cc1COc1ccccc1[N+](=O)[O-]. The van der Waals surface area contributed by atoms with Crippen molar-refractivity contribution in [2.24, 2.45) is 0 Å². The molecular weight excluding hydrogens is 450 g/mol. The number of fused-ring (bicyclic) bond motifs is 1. The van der Waals surface area contributed by atoms with Gasteiger partial charge in [-0.25, -0.2) is 4.68 Å². The molecule has 10 heteroatoms. The molecule has 35 heavy (non-hydrogen) atoms. The highest BCUT2D eigenvalue weighted by Gasteiger charge is 2.29. The highest BCUT2D eigenvalue weighted by atomic mass is 16.6. The molecule has 2 N–H and O–H groups in total. The minimum Gasteiger partial charge on any atom is -0.496 e. The molecule has 1 amide bonds. The molecule has 4 aromatic rings. The van der Waals surface area contributed by atoms with Gasteiger partial charge in [0.15, 0.2) is 5.75 Å². The number of carbonyl (C=O) groups is 1. The zero-order valence-corrected chi connectivity index (χ0v) is 18.7. The number of hydrogen-bond donors (Lipinski definition) is 2. The van der Waals surface area contributed by atoms with Crippen molar-refractivity contribution in [3.05, 3.63) is 106 Å². The van der Waals surface area contributed by atoms with Gasteiger partial charge in [-0.05, 0) is 35.9 Å². The van der Waals surface area contributed by atoms with Crippen molar-refractivity contribution in [2.75, 3.05) is 12.4 Å². The second kappa shape index (κ2) is 9.18. The Morgan fingerprint density at radius 3 is 2.57 bits per heavy atom. The first-order valence-electron chi connectivity index (χ1n) is 10.8. The van der Waals surface area contributed by atoms with Gasteiger partial charge < -0.3 is 20.1 Å². The van der Waals surface area contributed by atoms with Crippen LogP contribution < -0.4 is 20.1 Å². The van der Waals surface area contributed by atoms with Crippen LogP contribution in [0.25, 0.3) is 5.69 Å². The third kappa shape index (κ3) is 4.24. The van der Waals surface area contributed by atoms with E-state index in [4.69, 9.17) is 9.47 Å². The first kappa shape index (κ1) is 22.0. The summed E-state index contributed by atoms with van der Waals surface area (Å²) < 4.78 is 12.9. The summed E-state index contributed by atoms with van der Waals surface area (Å²) in [6, 6.07) is 21.1. The van der Waals surface area contributed by atoms with Crippen molar-refractivity contribution in [3.63, 3.8) is 0 Å². The lowest BCUT2D eigenvalue weighted by Crippen LogP contribution is -2.38. The molecule has 2 heterocycles. The van der Waals surface area contributed by atoms with E-state index in [2.05, 4.69) is 15.7 Å². The molecule has 0 aliphatic carbocycles. The normalized spacial score (nSPS) is 14.4. The zero-order chi connectivity index (χ0) is 24.4. The van der Waals surface area contributed by atoms with Crippen LogP contribution >= 0.6 is 0 Å². The van der Waals surface area contributed by atoms with Crippen LogP contribution in [0.5, 0.6) is 11.5 Å². The van der Waals surface area contributed by atoms with Gasteiger partial charge in [-0.2, -0.15) is 5.10 Å². The predicted octanol–water partition coefficient (Wildman–Crippen LogP) is 4.22. The van der Waals surface area contributed by atoms with Crippen molar-refractivity contribution in [1.82, 2.24) is 15.1 Å². The van der Waals surface area contributed by atoms with Gasteiger partial charge in [0.1, 0.15) is 29.9 Å². The number of nitro groups is 1. The number of anilines is 1. The Morgan fingerprint density at radius 2 is 1.80 bits per heavy atom. The van der Waals surface area contributed by atoms with Gasteiger partial charge in [0.25, 0.3) is 5.91 Å². The van der Waals surface area contributed by atoms with Gasteiger partial charge in [0.2, 0.25) is 0 Å². The Labute approximate surface area is 200 Å². The van der Waals surface area contributed by atoms with Crippen LogP contribution in [0.4, 0.5) is 11.5 Å². The second-order valence-electron chi connectivity index (χ2n) is 7.79. The number of ether oxygens (including phenoxy) is 2. The van der Waals surface area contributed by atoms with E-state index in [-0.39, 0.29) is 24.0 Å². The number of methoxy groups -OCH3 is 1. The van der Waals surface area contributed by atoms with E-state index in [1.165, 1.54) is 19.4 Å². The molecule has 0 spiro atoms. The maximum Gasteiger partial charge on any atom is 0.310 e. The zero-order valence-electron chi connectivity index (χ0n) is 18.7. The molecule has 0 saturated carbocycles. The van der Waals surface area contributed by atoms with Gasteiger partial charge >= 0.3 is 5.69 Å². The van der Waals surface area contributed by atoms with E-state index >= 15 is 0 Å². The third-order valence-electron chi connectivity index (χ3n) is 5.65. The number of para-hydroxylation sites is 3. The summed E-state index contributed by atoms with van der Waals surface area (Å²) in [6.07, 6.45) is 0.992. The summed E-state index contributed by atoms with van der Waals surface area (Å²) in [5.74, 6) is 1.05. The number of nitrogens with zero attached hydrogens (tertiary/aromatic N) is 3. The predicted molar refractivity (Wildman–Crippen MR) is 128 cm³/mol. The summed E-state index contributed by atoms with van der Waals surface area (Å²) >= 11 is 0. The molecule has 10 nitrogen and oxygen atoms in total. The monoisotopic (exact) mass is 471 g/mol. The van der Waals surface area contributed by atoms with E-state index in [1.807, 2.05) is 42.5 Å². The second-order valence-corrected chi connectivity index (χ2v) is 7.79. The average molecular weight is 471 g/mol. The van der Waals surface area contributed by atoms with E-state index in [0.29, 0.717) is 22.7 Å². The Hall–Kier alpha value is -4.86. The van der Waals surface area contributed by atoms with Crippen LogP contribution in [0, 0.1) is 10.1 Å². The lowest BCUT2D eigenvalue weighted by Gasteiger charge is -2.27. The van der Waals surface area contributed by atoms with E-state index in [0.717, 1.165) is 11.3 Å². The Balaban J connectivity index is 1.43. The van der Waals surface area contributed by atoms with Gasteiger partial charge in [0.05, 0.1) is 23.9 Å². The topological polar surface area (TPSA) is 121 Å². The summed E-state index contributed by atoms with van der Waals surface area (Å²) in [7, 11) is 1.54. The molecule has 176 valence electrons. The number of amides is 1. The number of rotatable bonds is 7. The molecule has 0 bridgehead atoms. The van der Waals surface area contributed by atoms with Crippen molar-refractivity contribution < 1.29 is 19.2 Å². The number of hydrogen-bond acceptors (Lipinski definition) is 7. The molecule has 0 radical (unpaired) electrons. The number of aromatic nitrogens is 2.